The van der Waals surface area contributed by atoms with Gasteiger partial charge in [-0.05, 0) is 25.0 Å². The fourth-order valence-corrected chi connectivity index (χ4v) is 6.02. The Morgan fingerprint density at radius 2 is 2.11 bits per heavy atom. The van der Waals surface area contributed by atoms with Crippen molar-refractivity contribution in [1.29, 1.82) is 0 Å². The van der Waals surface area contributed by atoms with Gasteiger partial charge >= 0.3 is 5.97 Å². The average Bonchev–Trinajstić information content (AvgIpc) is 3.62. The van der Waals surface area contributed by atoms with E-state index in [-0.39, 0.29) is 44.8 Å². The number of likely N-dealkylation sites (tertiary alicyclic amines) is 1. The van der Waals surface area contributed by atoms with Gasteiger partial charge in [-0.2, -0.15) is 0 Å². The van der Waals surface area contributed by atoms with Gasteiger partial charge in [0.25, 0.3) is 0 Å². The van der Waals surface area contributed by atoms with Crippen LogP contribution in [0.4, 0.5) is 0 Å². The molecule has 11 heteroatoms. The van der Waals surface area contributed by atoms with Crippen molar-refractivity contribution in [2.24, 2.45) is 11.8 Å². The first-order valence-electron chi connectivity index (χ1n) is 12.0. The molecular weight excluding hydrogens is 466 g/mol. The van der Waals surface area contributed by atoms with Crippen LogP contribution in [0.2, 0.25) is 0 Å². The number of hydrogen-bond donors (Lipinski definition) is 1. The van der Waals surface area contributed by atoms with Crippen molar-refractivity contribution < 1.29 is 29.0 Å². The first-order valence-corrected chi connectivity index (χ1v) is 12.0. The van der Waals surface area contributed by atoms with Crippen LogP contribution in [0.5, 0.6) is 0 Å². The van der Waals surface area contributed by atoms with Crippen LogP contribution >= 0.6 is 0 Å². The van der Waals surface area contributed by atoms with Gasteiger partial charge in [0.15, 0.2) is 0 Å². The van der Waals surface area contributed by atoms with E-state index >= 15 is 0 Å². The Labute approximate surface area is 207 Å². The highest BCUT2D eigenvalue weighted by Gasteiger charge is 2.75. The van der Waals surface area contributed by atoms with E-state index in [0.29, 0.717) is 18.4 Å². The minimum atomic E-state index is -1.17. The first-order chi connectivity index (χ1) is 17.5. The monoisotopic (exact) mass is 495 g/mol. The third kappa shape index (κ3) is 3.61. The van der Waals surface area contributed by atoms with Gasteiger partial charge in [-0.15, -0.1) is 11.7 Å². The lowest BCUT2D eigenvalue weighted by molar-refractivity contribution is -0.154. The Balaban J connectivity index is 1.49. The summed E-state index contributed by atoms with van der Waals surface area (Å²) in [5.41, 5.74) is 0.280. The number of esters is 1. The predicted octanol–water partition coefficient (Wildman–Crippen LogP) is 0.500. The number of amides is 2. The third-order valence-corrected chi connectivity index (χ3v) is 7.38. The Bertz CT molecular complexity index is 1210. The van der Waals surface area contributed by atoms with Crippen molar-refractivity contribution in [1.82, 2.24) is 24.8 Å². The molecule has 190 valence electrons. The van der Waals surface area contributed by atoms with Crippen molar-refractivity contribution in [3.63, 3.8) is 0 Å². The number of carbonyl (C=O) groups excluding carboxylic acids is 3. The Morgan fingerprint density at radius 1 is 1.31 bits per heavy atom. The molecule has 5 rings (SSSR count). The molecule has 0 saturated carbocycles. The number of hydrogen-bond acceptors (Lipinski definition) is 8. The Hall–Kier alpha value is -3.57. The zero-order chi connectivity index (χ0) is 25.4. The van der Waals surface area contributed by atoms with Gasteiger partial charge < -0.3 is 24.4 Å². The minimum Gasteiger partial charge on any atom is -0.461 e. The second kappa shape index (κ2) is 9.47. The van der Waals surface area contributed by atoms with Gasteiger partial charge in [-0.1, -0.05) is 36.1 Å². The highest BCUT2D eigenvalue weighted by Crippen LogP contribution is 2.58. The molecule has 1 aromatic carbocycles. The maximum absolute atomic E-state index is 14.1. The second-order valence-electron chi connectivity index (χ2n) is 9.30. The number of aliphatic hydroxyl groups excluding tert-OH is 1. The molecule has 0 radical (unpaired) electrons. The second-order valence-corrected chi connectivity index (χ2v) is 9.30. The fourth-order valence-electron chi connectivity index (χ4n) is 6.02. The van der Waals surface area contributed by atoms with Crippen molar-refractivity contribution in [3.8, 4) is 0 Å². The molecule has 4 heterocycles. The number of aliphatic hydroxyl groups is 1. The molecule has 11 nitrogen and oxygen atoms in total. The van der Waals surface area contributed by atoms with Gasteiger partial charge in [0, 0.05) is 13.1 Å². The molecule has 2 bridgehead atoms. The number of para-hydroxylation sites is 1. The minimum absolute atomic E-state index is 0.0254. The van der Waals surface area contributed by atoms with Gasteiger partial charge in [0.1, 0.15) is 30.4 Å². The topological polar surface area (TPSA) is 127 Å². The maximum atomic E-state index is 14.1. The van der Waals surface area contributed by atoms with Crippen LogP contribution in [0.15, 0.2) is 49.6 Å². The van der Waals surface area contributed by atoms with Crippen LogP contribution in [-0.4, -0.2) is 91.7 Å². The normalized spacial score (nSPS) is 28.4. The van der Waals surface area contributed by atoms with E-state index in [1.165, 1.54) is 15.9 Å². The molecule has 3 aliphatic rings. The van der Waals surface area contributed by atoms with Crippen molar-refractivity contribution in [2.45, 2.75) is 37.3 Å². The zero-order valence-electron chi connectivity index (χ0n) is 19.9. The van der Waals surface area contributed by atoms with E-state index in [2.05, 4.69) is 23.5 Å². The number of fused-ring (bicyclic) bond motifs is 2. The smallest absolute Gasteiger partial charge is 0.312 e. The molecule has 3 aliphatic heterocycles. The van der Waals surface area contributed by atoms with E-state index in [1.54, 1.807) is 10.8 Å². The molecule has 2 amide bonds. The molecule has 3 saturated heterocycles. The summed E-state index contributed by atoms with van der Waals surface area (Å²) in [6.07, 6.45) is 3.54. The largest absolute Gasteiger partial charge is 0.461 e. The summed E-state index contributed by atoms with van der Waals surface area (Å²) in [5.74, 6) is -2.94. The van der Waals surface area contributed by atoms with Crippen LogP contribution in [-0.2, 0) is 30.5 Å². The molecule has 1 spiro atoms. The summed E-state index contributed by atoms with van der Waals surface area (Å²) in [7, 11) is 0. The molecule has 2 aromatic rings. The quantitative estimate of drug-likeness (QED) is 0.373. The molecule has 36 heavy (non-hydrogen) atoms. The van der Waals surface area contributed by atoms with Crippen LogP contribution < -0.4 is 0 Å². The molecule has 1 aromatic heterocycles. The van der Waals surface area contributed by atoms with Crippen molar-refractivity contribution >= 4 is 28.8 Å². The molecular formula is C25H29N5O6. The van der Waals surface area contributed by atoms with Gasteiger partial charge in [0.2, 0.25) is 11.8 Å². The zero-order valence-corrected chi connectivity index (χ0v) is 19.9. The summed E-state index contributed by atoms with van der Waals surface area (Å²) in [5, 5.41) is 18.1. The lowest BCUT2D eigenvalue weighted by atomic mass is 9.70. The molecule has 5 atom stereocenters. The van der Waals surface area contributed by atoms with E-state index in [4.69, 9.17) is 9.47 Å². The van der Waals surface area contributed by atoms with Crippen LogP contribution in [0.3, 0.4) is 0 Å². The molecule has 3 fully saturated rings. The van der Waals surface area contributed by atoms with Gasteiger partial charge in [0.05, 0.1) is 30.1 Å². The summed E-state index contributed by atoms with van der Waals surface area (Å²) in [6.45, 7) is 7.27. The Morgan fingerprint density at radius 3 is 2.86 bits per heavy atom. The summed E-state index contributed by atoms with van der Waals surface area (Å²) >= 11 is 0. The number of ether oxygens (including phenoxy) is 2. The summed E-state index contributed by atoms with van der Waals surface area (Å²) in [4.78, 5) is 43.5. The van der Waals surface area contributed by atoms with Crippen LogP contribution in [0, 0.1) is 11.8 Å². The van der Waals surface area contributed by atoms with Crippen molar-refractivity contribution in [3.05, 3.63) is 49.6 Å². The molecule has 2 unspecified atom stereocenters. The number of β-amino-alcohol motifs (C(OH)–C–C–N with tert-alkyl or cyclic N) is 1. The first kappa shape index (κ1) is 24.1. The predicted molar refractivity (Wildman–Crippen MR) is 127 cm³/mol. The van der Waals surface area contributed by atoms with E-state index in [1.807, 2.05) is 24.3 Å². The van der Waals surface area contributed by atoms with Gasteiger partial charge in [-0.25, -0.2) is 4.68 Å². The standard InChI is InChI=1S/C25H29N5O6/c1-3-11-28(15-30-17-8-6-5-7-16(17)26-27-30)23(33)21-25-10-9-18(36-25)19(24(34)35-14-4-2)20(25)22(32)29(21)12-13-31/h3-8,18-21,31H,1-2,9-15H2/t18-,19+,20+,21?,25?/m1/s1. The molecule has 1 N–H and O–H groups in total. The lowest BCUT2D eigenvalue weighted by Gasteiger charge is -2.36. The number of carbonyl (C=O) groups is 3. The maximum Gasteiger partial charge on any atom is 0.312 e. The third-order valence-electron chi connectivity index (χ3n) is 7.38. The highest BCUT2D eigenvalue weighted by atomic mass is 16.6. The number of aromatic nitrogens is 3. The van der Waals surface area contributed by atoms with E-state index < -0.39 is 35.6 Å². The van der Waals surface area contributed by atoms with Crippen LogP contribution in [0.25, 0.3) is 11.0 Å². The number of nitrogens with zero attached hydrogens (tertiary/aromatic N) is 5. The number of rotatable bonds is 10. The highest BCUT2D eigenvalue weighted by molar-refractivity contribution is 5.98. The Kier molecular flexibility index (Phi) is 6.35. The summed E-state index contributed by atoms with van der Waals surface area (Å²) < 4.78 is 13.2. The fraction of sp³-hybridized carbons (Fsp3) is 0.480. The lowest BCUT2D eigenvalue weighted by Crippen LogP contribution is -2.56. The average molecular weight is 496 g/mol. The van der Waals surface area contributed by atoms with E-state index in [9.17, 15) is 19.5 Å². The van der Waals surface area contributed by atoms with Crippen LogP contribution in [0.1, 0.15) is 12.8 Å². The van der Waals surface area contributed by atoms with Gasteiger partial charge in [-0.3, -0.25) is 14.4 Å². The number of benzene rings is 1. The summed E-state index contributed by atoms with van der Waals surface area (Å²) in [6, 6.07) is 6.41. The SMILES string of the molecule is C=CCOC(=O)[C@@H]1[C@H]2C(=O)N(CCO)C(C(=O)N(CC=C)Cn3nnc4ccccc43)C23CC[C@H]1O3. The van der Waals surface area contributed by atoms with Crippen molar-refractivity contribution in [2.75, 3.05) is 26.3 Å². The van der Waals surface area contributed by atoms with E-state index in [0.717, 1.165) is 5.52 Å². The molecule has 0 aliphatic carbocycles.